The van der Waals surface area contributed by atoms with E-state index in [1.54, 1.807) is 6.92 Å². The minimum absolute atomic E-state index is 0.00606. The average Bonchev–Trinajstić information content (AvgIpc) is 2.25. The van der Waals surface area contributed by atoms with E-state index in [1.807, 2.05) is 13.8 Å². The third-order valence-electron chi connectivity index (χ3n) is 2.39. The predicted octanol–water partition coefficient (Wildman–Crippen LogP) is 0.463. The van der Waals surface area contributed by atoms with E-state index in [0.29, 0.717) is 6.61 Å². The summed E-state index contributed by atoms with van der Waals surface area (Å²) in [5.41, 5.74) is 0. The molecule has 0 spiro atoms. The Morgan fingerprint density at radius 3 is 2.44 bits per heavy atom. The zero-order valence-electron chi connectivity index (χ0n) is 10.2. The molecule has 0 aliphatic carbocycles. The average molecular weight is 231 g/mol. The van der Waals surface area contributed by atoms with Crippen LogP contribution in [0.1, 0.15) is 33.6 Å². The van der Waals surface area contributed by atoms with Crippen molar-refractivity contribution in [1.29, 1.82) is 0 Å². The number of hydrogen-bond acceptors (Lipinski definition) is 4. The normalized spacial score (nSPS) is 14.0. The molecule has 0 radical (unpaired) electrons. The topological polar surface area (TPSA) is 75.6 Å². The van der Waals surface area contributed by atoms with Gasteiger partial charge in [0.1, 0.15) is 0 Å². The summed E-state index contributed by atoms with van der Waals surface area (Å²) >= 11 is 0. The lowest BCUT2D eigenvalue weighted by Crippen LogP contribution is -2.38. The number of amides is 1. The standard InChI is InChI=1S/C11H21NO4/c1-4-16-11(15)6-5-10(14)12-9(3)8(2)7-13/h8-9,13H,4-7H2,1-3H3,(H,12,14). The van der Waals surface area contributed by atoms with Gasteiger partial charge in [-0.15, -0.1) is 0 Å². The van der Waals surface area contributed by atoms with Gasteiger partial charge >= 0.3 is 5.97 Å². The SMILES string of the molecule is CCOC(=O)CCC(=O)NC(C)C(C)CO. The molecule has 0 aliphatic heterocycles. The lowest BCUT2D eigenvalue weighted by molar-refractivity contribution is -0.144. The molecule has 0 bridgehead atoms. The molecule has 2 unspecified atom stereocenters. The Morgan fingerprint density at radius 2 is 1.94 bits per heavy atom. The Morgan fingerprint density at radius 1 is 1.31 bits per heavy atom. The zero-order chi connectivity index (χ0) is 12.6. The smallest absolute Gasteiger partial charge is 0.306 e. The molecule has 0 aromatic rings. The van der Waals surface area contributed by atoms with E-state index in [4.69, 9.17) is 9.84 Å². The molecule has 0 fully saturated rings. The third-order valence-corrected chi connectivity index (χ3v) is 2.39. The lowest BCUT2D eigenvalue weighted by Gasteiger charge is -2.19. The van der Waals surface area contributed by atoms with Crippen molar-refractivity contribution in [1.82, 2.24) is 5.32 Å². The summed E-state index contributed by atoms with van der Waals surface area (Å²) in [4.78, 5) is 22.4. The van der Waals surface area contributed by atoms with Gasteiger partial charge in [0.2, 0.25) is 5.91 Å². The fourth-order valence-corrected chi connectivity index (χ4v) is 1.08. The molecule has 0 heterocycles. The van der Waals surface area contributed by atoms with Crippen molar-refractivity contribution in [2.45, 2.75) is 39.7 Å². The summed E-state index contributed by atoms with van der Waals surface area (Å²) in [7, 11) is 0. The number of aliphatic hydroxyl groups is 1. The molecule has 5 heteroatoms. The molecule has 2 atom stereocenters. The lowest BCUT2D eigenvalue weighted by atomic mass is 10.1. The first-order valence-corrected chi connectivity index (χ1v) is 5.57. The van der Waals surface area contributed by atoms with Crippen molar-refractivity contribution in [3.05, 3.63) is 0 Å². The highest BCUT2D eigenvalue weighted by Crippen LogP contribution is 2.02. The summed E-state index contributed by atoms with van der Waals surface area (Å²) in [6.45, 7) is 5.75. The minimum Gasteiger partial charge on any atom is -0.466 e. The largest absolute Gasteiger partial charge is 0.466 e. The van der Waals surface area contributed by atoms with Crippen LogP contribution in [0.5, 0.6) is 0 Å². The molecule has 0 saturated carbocycles. The molecule has 1 amide bonds. The maximum absolute atomic E-state index is 11.4. The first-order chi connectivity index (χ1) is 7.51. The van der Waals surface area contributed by atoms with E-state index in [2.05, 4.69) is 5.32 Å². The number of nitrogens with one attached hydrogen (secondary N) is 1. The minimum atomic E-state index is -0.361. The first kappa shape index (κ1) is 14.9. The van der Waals surface area contributed by atoms with Gasteiger partial charge in [-0.05, 0) is 19.8 Å². The number of hydrogen-bond donors (Lipinski definition) is 2. The van der Waals surface area contributed by atoms with Crippen LogP contribution in [0.3, 0.4) is 0 Å². The van der Waals surface area contributed by atoms with Crippen LogP contribution in [0.15, 0.2) is 0 Å². The quantitative estimate of drug-likeness (QED) is 0.624. The second kappa shape index (κ2) is 8.10. The Bertz CT molecular complexity index is 230. The van der Waals surface area contributed by atoms with Crippen LogP contribution in [0.2, 0.25) is 0 Å². The second-order valence-corrected chi connectivity index (χ2v) is 3.82. The summed E-state index contributed by atoms with van der Waals surface area (Å²) < 4.78 is 4.71. The predicted molar refractivity (Wildman–Crippen MR) is 59.7 cm³/mol. The number of aliphatic hydroxyl groups excluding tert-OH is 1. The Labute approximate surface area is 96.2 Å². The highest BCUT2D eigenvalue weighted by molar-refractivity contribution is 5.81. The summed E-state index contributed by atoms with van der Waals surface area (Å²) in [5, 5.41) is 11.6. The van der Waals surface area contributed by atoms with Crippen molar-refractivity contribution in [2.24, 2.45) is 5.92 Å². The van der Waals surface area contributed by atoms with Crippen molar-refractivity contribution in [3.63, 3.8) is 0 Å². The monoisotopic (exact) mass is 231 g/mol. The van der Waals surface area contributed by atoms with Gasteiger partial charge in [0.15, 0.2) is 0 Å². The van der Waals surface area contributed by atoms with E-state index in [0.717, 1.165) is 0 Å². The van der Waals surface area contributed by atoms with Crippen LogP contribution in [-0.4, -0.2) is 36.2 Å². The van der Waals surface area contributed by atoms with Crippen molar-refractivity contribution in [3.8, 4) is 0 Å². The van der Waals surface area contributed by atoms with Gasteiger partial charge in [-0.1, -0.05) is 6.92 Å². The molecule has 0 aromatic carbocycles. The highest BCUT2D eigenvalue weighted by atomic mass is 16.5. The van der Waals surface area contributed by atoms with E-state index < -0.39 is 0 Å². The van der Waals surface area contributed by atoms with Gasteiger partial charge in [0, 0.05) is 19.1 Å². The second-order valence-electron chi connectivity index (χ2n) is 3.82. The number of carbonyl (C=O) groups excluding carboxylic acids is 2. The fourth-order valence-electron chi connectivity index (χ4n) is 1.08. The Hall–Kier alpha value is -1.10. The molecule has 0 aliphatic rings. The third kappa shape index (κ3) is 6.40. The number of ether oxygens (including phenoxy) is 1. The molecule has 2 N–H and O–H groups in total. The van der Waals surface area contributed by atoms with E-state index in [-0.39, 0.29) is 43.3 Å². The Kier molecular flexibility index (Phi) is 7.54. The maximum atomic E-state index is 11.4. The summed E-state index contributed by atoms with van der Waals surface area (Å²) in [6, 6.07) is -0.0975. The van der Waals surface area contributed by atoms with Gasteiger partial charge in [-0.3, -0.25) is 9.59 Å². The summed E-state index contributed by atoms with van der Waals surface area (Å²) in [6.07, 6.45) is 0.223. The first-order valence-electron chi connectivity index (χ1n) is 5.57. The van der Waals surface area contributed by atoms with Crippen molar-refractivity contribution < 1.29 is 19.4 Å². The molecule has 0 rings (SSSR count). The number of rotatable bonds is 7. The number of carbonyl (C=O) groups is 2. The molecular weight excluding hydrogens is 210 g/mol. The van der Waals surface area contributed by atoms with E-state index in [9.17, 15) is 9.59 Å². The zero-order valence-corrected chi connectivity index (χ0v) is 10.2. The molecule has 0 saturated heterocycles. The van der Waals surface area contributed by atoms with Crippen LogP contribution in [-0.2, 0) is 14.3 Å². The van der Waals surface area contributed by atoms with Crippen LogP contribution in [0.25, 0.3) is 0 Å². The van der Waals surface area contributed by atoms with Gasteiger partial charge in [-0.25, -0.2) is 0 Å². The van der Waals surface area contributed by atoms with E-state index in [1.165, 1.54) is 0 Å². The van der Waals surface area contributed by atoms with Gasteiger partial charge < -0.3 is 15.2 Å². The van der Waals surface area contributed by atoms with Crippen LogP contribution < -0.4 is 5.32 Å². The molecule has 0 aromatic heterocycles. The van der Waals surface area contributed by atoms with Gasteiger partial charge in [-0.2, -0.15) is 0 Å². The molecule has 5 nitrogen and oxygen atoms in total. The van der Waals surface area contributed by atoms with Crippen LogP contribution in [0.4, 0.5) is 0 Å². The highest BCUT2D eigenvalue weighted by Gasteiger charge is 2.14. The van der Waals surface area contributed by atoms with Gasteiger partial charge in [0.05, 0.1) is 13.0 Å². The molecule has 94 valence electrons. The molecular formula is C11H21NO4. The van der Waals surface area contributed by atoms with Crippen LogP contribution >= 0.6 is 0 Å². The fraction of sp³-hybridized carbons (Fsp3) is 0.818. The Balaban J connectivity index is 3.78. The summed E-state index contributed by atoms with van der Waals surface area (Å²) in [5.74, 6) is -0.548. The van der Waals surface area contributed by atoms with Gasteiger partial charge in [0.25, 0.3) is 0 Å². The van der Waals surface area contributed by atoms with Crippen molar-refractivity contribution >= 4 is 11.9 Å². The molecule has 16 heavy (non-hydrogen) atoms. The van der Waals surface area contributed by atoms with Crippen LogP contribution in [0, 0.1) is 5.92 Å². The van der Waals surface area contributed by atoms with E-state index >= 15 is 0 Å². The van der Waals surface area contributed by atoms with Crippen molar-refractivity contribution in [2.75, 3.05) is 13.2 Å². The number of esters is 1. The maximum Gasteiger partial charge on any atom is 0.306 e.